The molecule has 1 aromatic rings. The third-order valence-corrected chi connectivity index (χ3v) is 7.21. The van der Waals surface area contributed by atoms with Gasteiger partial charge in [0.2, 0.25) is 11.8 Å². The topological polar surface area (TPSA) is 103 Å². The molecule has 8 nitrogen and oxygen atoms in total. The summed E-state index contributed by atoms with van der Waals surface area (Å²) < 4.78 is 0. The van der Waals surface area contributed by atoms with Gasteiger partial charge in [-0.3, -0.25) is 14.4 Å². The summed E-state index contributed by atoms with van der Waals surface area (Å²) in [5, 5.41) is 11.7. The van der Waals surface area contributed by atoms with Gasteiger partial charge in [-0.1, -0.05) is 31.6 Å². The fourth-order valence-corrected chi connectivity index (χ4v) is 5.11. The van der Waals surface area contributed by atoms with Crippen LogP contribution in [0.5, 0.6) is 0 Å². The van der Waals surface area contributed by atoms with E-state index in [-0.39, 0.29) is 36.5 Å². The number of rotatable bonds is 9. The summed E-state index contributed by atoms with van der Waals surface area (Å²) in [6.45, 7) is 9.98. The summed E-state index contributed by atoms with van der Waals surface area (Å²) in [7, 11) is 0. The lowest BCUT2D eigenvalue weighted by molar-refractivity contribution is -0.138. The Morgan fingerprint density at radius 3 is 2.50 bits per heavy atom. The van der Waals surface area contributed by atoms with Crippen LogP contribution in [0.4, 0.5) is 5.82 Å². The normalized spacial score (nSPS) is 22.9. The van der Waals surface area contributed by atoms with Crippen LogP contribution in [0.2, 0.25) is 0 Å². The van der Waals surface area contributed by atoms with Crippen molar-refractivity contribution in [2.75, 3.05) is 37.6 Å². The Bertz CT molecular complexity index is 878. The van der Waals surface area contributed by atoms with Crippen LogP contribution in [0.3, 0.4) is 0 Å². The number of nitrogens with zero attached hydrogens (tertiary/aromatic N) is 3. The second-order valence-electron chi connectivity index (χ2n) is 9.87. The van der Waals surface area contributed by atoms with Crippen molar-refractivity contribution < 1.29 is 19.5 Å². The van der Waals surface area contributed by atoms with Crippen molar-refractivity contribution in [3.8, 4) is 0 Å². The molecule has 1 aliphatic carbocycles. The molecule has 0 bridgehead atoms. The Labute approximate surface area is 202 Å². The number of carboxylic acid groups (broad SMARTS) is 1. The zero-order chi connectivity index (χ0) is 24.7. The molecule has 1 saturated heterocycles. The van der Waals surface area contributed by atoms with Crippen molar-refractivity contribution in [2.45, 2.75) is 46.5 Å². The van der Waals surface area contributed by atoms with Gasteiger partial charge >= 0.3 is 5.97 Å². The van der Waals surface area contributed by atoms with E-state index in [1.165, 1.54) is 5.57 Å². The number of piperazine rings is 1. The van der Waals surface area contributed by atoms with E-state index in [9.17, 15) is 14.4 Å². The number of carbonyl (C=O) groups excluding carboxylic acids is 2. The Morgan fingerprint density at radius 2 is 1.88 bits per heavy atom. The molecule has 0 saturated carbocycles. The highest BCUT2D eigenvalue weighted by Crippen LogP contribution is 2.39. The van der Waals surface area contributed by atoms with Crippen LogP contribution in [0.15, 0.2) is 36.0 Å². The van der Waals surface area contributed by atoms with Gasteiger partial charge in [-0.25, -0.2) is 4.98 Å². The van der Waals surface area contributed by atoms with Crippen molar-refractivity contribution in [3.05, 3.63) is 36.0 Å². The van der Waals surface area contributed by atoms with E-state index in [1.54, 1.807) is 6.20 Å². The highest BCUT2D eigenvalue weighted by molar-refractivity contribution is 5.80. The Kier molecular flexibility index (Phi) is 9.07. The molecule has 3 atom stereocenters. The van der Waals surface area contributed by atoms with E-state index >= 15 is 0 Å². The lowest BCUT2D eigenvalue weighted by atomic mass is 9.69. The van der Waals surface area contributed by atoms with E-state index in [1.807, 2.05) is 23.1 Å². The summed E-state index contributed by atoms with van der Waals surface area (Å²) in [5.74, 6) is 1.18. The number of hydrogen-bond acceptors (Lipinski definition) is 5. The summed E-state index contributed by atoms with van der Waals surface area (Å²) >= 11 is 0. The molecule has 1 fully saturated rings. The van der Waals surface area contributed by atoms with Gasteiger partial charge in [0.15, 0.2) is 0 Å². The number of hydrogen-bond donors (Lipinski definition) is 2. The van der Waals surface area contributed by atoms with Crippen LogP contribution < -0.4 is 10.2 Å². The number of carboxylic acids is 1. The van der Waals surface area contributed by atoms with Crippen LogP contribution in [0, 0.1) is 23.7 Å². The average molecular weight is 471 g/mol. The van der Waals surface area contributed by atoms with Crippen LogP contribution >= 0.6 is 0 Å². The van der Waals surface area contributed by atoms with Crippen molar-refractivity contribution in [2.24, 2.45) is 23.7 Å². The SMILES string of the molecule is CC1=CC(CNC(=O)CCC(=O)O)C(C(C)C)CC1CC(=O)N1CCN(c2ccccn2)CC1. The van der Waals surface area contributed by atoms with Gasteiger partial charge in [0.1, 0.15) is 5.82 Å². The number of allylic oxidation sites excluding steroid dienone is 1. The molecular formula is C26H38N4O4. The second-order valence-corrected chi connectivity index (χ2v) is 9.87. The second kappa shape index (κ2) is 12.0. The molecule has 2 aliphatic rings. The average Bonchev–Trinajstić information content (AvgIpc) is 2.83. The number of aliphatic carboxylic acids is 1. The summed E-state index contributed by atoms with van der Waals surface area (Å²) in [6, 6.07) is 5.90. The van der Waals surface area contributed by atoms with E-state index in [2.05, 4.69) is 42.0 Å². The van der Waals surface area contributed by atoms with Crippen LogP contribution in [0.25, 0.3) is 0 Å². The van der Waals surface area contributed by atoms with Crippen LogP contribution in [-0.4, -0.2) is 65.5 Å². The Balaban J connectivity index is 1.53. The lowest BCUT2D eigenvalue weighted by Gasteiger charge is -2.39. The van der Waals surface area contributed by atoms with E-state index in [0.717, 1.165) is 25.3 Å². The smallest absolute Gasteiger partial charge is 0.303 e. The summed E-state index contributed by atoms with van der Waals surface area (Å²) in [4.78, 5) is 44.4. The van der Waals surface area contributed by atoms with Crippen molar-refractivity contribution in [1.82, 2.24) is 15.2 Å². The lowest BCUT2D eigenvalue weighted by Crippen LogP contribution is -2.49. The maximum Gasteiger partial charge on any atom is 0.303 e. The molecule has 0 aromatic carbocycles. The molecular weight excluding hydrogens is 432 g/mol. The van der Waals surface area contributed by atoms with E-state index in [4.69, 9.17) is 5.11 Å². The van der Waals surface area contributed by atoms with Gasteiger partial charge in [-0.15, -0.1) is 0 Å². The molecule has 186 valence electrons. The molecule has 1 aliphatic heterocycles. The monoisotopic (exact) mass is 470 g/mol. The first-order valence-electron chi connectivity index (χ1n) is 12.3. The van der Waals surface area contributed by atoms with Crippen molar-refractivity contribution >= 4 is 23.6 Å². The quantitative estimate of drug-likeness (QED) is 0.538. The first-order valence-corrected chi connectivity index (χ1v) is 12.3. The minimum atomic E-state index is -0.964. The van der Waals surface area contributed by atoms with Crippen LogP contribution in [0.1, 0.15) is 46.5 Å². The molecule has 1 aromatic heterocycles. The number of anilines is 1. The molecule has 2 heterocycles. The van der Waals surface area contributed by atoms with E-state index in [0.29, 0.717) is 37.9 Å². The van der Waals surface area contributed by atoms with Crippen LogP contribution in [-0.2, 0) is 14.4 Å². The molecule has 0 radical (unpaired) electrons. The zero-order valence-corrected chi connectivity index (χ0v) is 20.6. The Morgan fingerprint density at radius 1 is 1.15 bits per heavy atom. The van der Waals surface area contributed by atoms with Crippen molar-refractivity contribution in [3.63, 3.8) is 0 Å². The molecule has 34 heavy (non-hydrogen) atoms. The highest BCUT2D eigenvalue weighted by Gasteiger charge is 2.34. The molecule has 8 heteroatoms. The fraction of sp³-hybridized carbons (Fsp3) is 0.615. The summed E-state index contributed by atoms with van der Waals surface area (Å²) in [5.41, 5.74) is 1.21. The number of carbonyl (C=O) groups is 3. The molecule has 0 spiro atoms. The third kappa shape index (κ3) is 7.05. The predicted octanol–water partition coefficient (Wildman–Crippen LogP) is 2.96. The minimum Gasteiger partial charge on any atom is -0.481 e. The fourth-order valence-electron chi connectivity index (χ4n) is 5.11. The number of aromatic nitrogens is 1. The molecule has 3 unspecified atom stereocenters. The number of amides is 2. The first-order chi connectivity index (χ1) is 16.2. The maximum atomic E-state index is 13.1. The van der Waals surface area contributed by atoms with Gasteiger partial charge < -0.3 is 20.2 Å². The first kappa shape index (κ1) is 25.7. The van der Waals surface area contributed by atoms with Gasteiger partial charge in [0.25, 0.3) is 0 Å². The molecule has 3 rings (SSSR count). The predicted molar refractivity (Wildman–Crippen MR) is 131 cm³/mol. The zero-order valence-electron chi connectivity index (χ0n) is 20.6. The van der Waals surface area contributed by atoms with Crippen molar-refractivity contribution in [1.29, 1.82) is 0 Å². The molecule has 2 N–H and O–H groups in total. The summed E-state index contributed by atoms with van der Waals surface area (Å²) in [6.07, 6.45) is 5.32. The van der Waals surface area contributed by atoms with Gasteiger partial charge in [-0.05, 0) is 49.1 Å². The van der Waals surface area contributed by atoms with Gasteiger partial charge in [-0.2, -0.15) is 0 Å². The minimum absolute atomic E-state index is 0.00181. The molecule has 2 amide bonds. The highest BCUT2D eigenvalue weighted by atomic mass is 16.4. The standard InChI is InChI=1S/C26H38N4O4/c1-18(2)22-15-20(19(3)14-21(22)17-28-24(31)7-8-26(33)34)16-25(32)30-12-10-29(11-13-30)23-6-4-5-9-27-23/h4-6,9,14,18,20-22H,7-8,10-13,15-17H2,1-3H3,(H,28,31)(H,33,34). The number of nitrogens with one attached hydrogen (secondary N) is 1. The van der Waals surface area contributed by atoms with Gasteiger partial charge in [0, 0.05) is 51.8 Å². The van der Waals surface area contributed by atoms with Gasteiger partial charge in [0.05, 0.1) is 6.42 Å². The largest absolute Gasteiger partial charge is 0.481 e. The third-order valence-electron chi connectivity index (χ3n) is 7.21. The maximum absolute atomic E-state index is 13.1. The Hall–Kier alpha value is -2.90. The van der Waals surface area contributed by atoms with E-state index < -0.39 is 5.97 Å². The number of pyridine rings is 1.